The van der Waals surface area contributed by atoms with Crippen molar-refractivity contribution in [1.82, 2.24) is 5.32 Å². The summed E-state index contributed by atoms with van der Waals surface area (Å²) in [4.78, 5) is 23.3. The van der Waals surface area contributed by atoms with Crippen LogP contribution in [0, 0.1) is 12.8 Å². The van der Waals surface area contributed by atoms with E-state index in [1.54, 1.807) is 12.1 Å². The van der Waals surface area contributed by atoms with Gasteiger partial charge in [0.2, 0.25) is 0 Å². The zero-order valence-electron chi connectivity index (χ0n) is 11.2. The number of nitrogens with one attached hydrogen (secondary N) is 1. The lowest BCUT2D eigenvalue weighted by Crippen LogP contribution is -2.45. The van der Waals surface area contributed by atoms with Crippen LogP contribution in [0.5, 0.6) is 0 Å². The maximum absolute atomic E-state index is 12.1. The minimum atomic E-state index is -1.00. The van der Waals surface area contributed by atoms with Crippen LogP contribution in [-0.4, -0.2) is 23.0 Å². The van der Waals surface area contributed by atoms with E-state index in [0.717, 1.165) is 10.0 Å². The molecule has 104 valence electrons. The standard InChI is InChI=1S/C14H18BrNO3/c1-4-8(2)12(14(18)19)16-13(17)11-6-5-10(15)7-9(11)3/h5-8,12H,4H2,1-3H3,(H,16,17)(H,18,19). The molecule has 2 unspecified atom stereocenters. The van der Waals surface area contributed by atoms with Crippen LogP contribution in [0.1, 0.15) is 36.2 Å². The van der Waals surface area contributed by atoms with E-state index >= 15 is 0 Å². The van der Waals surface area contributed by atoms with Gasteiger partial charge in [0.25, 0.3) is 5.91 Å². The molecule has 5 heteroatoms. The van der Waals surface area contributed by atoms with Gasteiger partial charge >= 0.3 is 5.97 Å². The van der Waals surface area contributed by atoms with Crippen LogP contribution in [0.3, 0.4) is 0 Å². The summed E-state index contributed by atoms with van der Waals surface area (Å²) >= 11 is 3.33. The molecule has 0 aliphatic heterocycles. The lowest BCUT2D eigenvalue weighted by Gasteiger charge is -2.20. The van der Waals surface area contributed by atoms with Gasteiger partial charge in [0, 0.05) is 10.0 Å². The van der Waals surface area contributed by atoms with Crippen molar-refractivity contribution in [3.05, 3.63) is 33.8 Å². The molecule has 0 heterocycles. The highest BCUT2D eigenvalue weighted by atomic mass is 79.9. The average Bonchev–Trinajstić information content (AvgIpc) is 2.34. The first-order valence-electron chi connectivity index (χ1n) is 6.16. The molecule has 0 aliphatic carbocycles. The molecule has 1 aromatic rings. The van der Waals surface area contributed by atoms with E-state index < -0.39 is 12.0 Å². The predicted octanol–water partition coefficient (Wildman–Crippen LogP) is 2.99. The Hall–Kier alpha value is -1.36. The van der Waals surface area contributed by atoms with Crippen LogP contribution in [0.2, 0.25) is 0 Å². The third-order valence-electron chi connectivity index (χ3n) is 3.20. The number of carboxylic acid groups (broad SMARTS) is 1. The topological polar surface area (TPSA) is 66.4 Å². The van der Waals surface area contributed by atoms with Gasteiger partial charge in [-0.25, -0.2) is 4.79 Å². The summed E-state index contributed by atoms with van der Waals surface area (Å²) < 4.78 is 0.887. The number of hydrogen-bond donors (Lipinski definition) is 2. The van der Waals surface area contributed by atoms with Crippen molar-refractivity contribution in [2.24, 2.45) is 5.92 Å². The second kappa shape index (κ2) is 6.70. The summed E-state index contributed by atoms with van der Waals surface area (Å²) in [5.74, 6) is -1.47. The molecule has 0 fully saturated rings. The van der Waals surface area contributed by atoms with E-state index in [2.05, 4.69) is 21.2 Å². The van der Waals surface area contributed by atoms with Gasteiger partial charge < -0.3 is 10.4 Å². The Bertz CT molecular complexity index is 488. The number of hydrogen-bond acceptors (Lipinski definition) is 2. The number of aryl methyl sites for hydroxylation is 1. The van der Waals surface area contributed by atoms with Crippen LogP contribution >= 0.6 is 15.9 Å². The van der Waals surface area contributed by atoms with Crippen LogP contribution < -0.4 is 5.32 Å². The van der Waals surface area contributed by atoms with Gasteiger partial charge in [0.15, 0.2) is 0 Å². The second-order valence-electron chi connectivity index (χ2n) is 4.63. The molecule has 0 aliphatic rings. The van der Waals surface area contributed by atoms with Crippen molar-refractivity contribution in [1.29, 1.82) is 0 Å². The SMILES string of the molecule is CCC(C)C(NC(=O)c1ccc(Br)cc1C)C(=O)O. The molecule has 0 spiro atoms. The zero-order chi connectivity index (χ0) is 14.6. The van der Waals surface area contributed by atoms with E-state index in [-0.39, 0.29) is 11.8 Å². The first kappa shape index (κ1) is 15.7. The molecule has 4 nitrogen and oxygen atoms in total. The number of rotatable bonds is 5. The lowest BCUT2D eigenvalue weighted by atomic mass is 9.98. The lowest BCUT2D eigenvalue weighted by molar-refractivity contribution is -0.140. The number of amides is 1. The summed E-state index contributed by atoms with van der Waals surface area (Å²) in [6, 6.07) is 4.42. The fourth-order valence-electron chi connectivity index (χ4n) is 1.78. The van der Waals surface area contributed by atoms with Gasteiger partial charge in [0.1, 0.15) is 6.04 Å². The predicted molar refractivity (Wildman–Crippen MR) is 77.2 cm³/mol. The van der Waals surface area contributed by atoms with E-state index in [0.29, 0.717) is 12.0 Å². The largest absolute Gasteiger partial charge is 0.480 e. The van der Waals surface area contributed by atoms with Gasteiger partial charge in [-0.1, -0.05) is 36.2 Å². The van der Waals surface area contributed by atoms with E-state index in [4.69, 9.17) is 5.11 Å². The molecular weight excluding hydrogens is 310 g/mol. The number of halogens is 1. The highest BCUT2D eigenvalue weighted by Crippen LogP contribution is 2.16. The van der Waals surface area contributed by atoms with Crippen molar-refractivity contribution in [3.63, 3.8) is 0 Å². The molecule has 1 rings (SSSR count). The number of carboxylic acids is 1. The molecule has 2 atom stereocenters. The molecular formula is C14H18BrNO3. The first-order valence-corrected chi connectivity index (χ1v) is 6.96. The summed E-state index contributed by atoms with van der Waals surface area (Å²) in [7, 11) is 0. The Morgan fingerprint density at radius 2 is 2.05 bits per heavy atom. The molecule has 0 aromatic heterocycles. The highest BCUT2D eigenvalue weighted by Gasteiger charge is 2.26. The van der Waals surface area contributed by atoms with Crippen LogP contribution in [0.25, 0.3) is 0 Å². The number of aliphatic carboxylic acids is 1. The normalized spacial score (nSPS) is 13.7. The first-order chi connectivity index (χ1) is 8.86. The van der Waals surface area contributed by atoms with E-state index in [1.807, 2.05) is 26.8 Å². The minimum Gasteiger partial charge on any atom is -0.480 e. The minimum absolute atomic E-state index is 0.114. The van der Waals surface area contributed by atoms with Gasteiger partial charge in [-0.05, 0) is 36.6 Å². The number of benzene rings is 1. The van der Waals surface area contributed by atoms with Crippen molar-refractivity contribution in [2.45, 2.75) is 33.2 Å². The van der Waals surface area contributed by atoms with Crippen LogP contribution in [0.4, 0.5) is 0 Å². The van der Waals surface area contributed by atoms with Crippen molar-refractivity contribution < 1.29 is 14.7 Å². The monoisotopic (exact) mass is 327 g/mol. The fraction of sp³-hybridized carbons (Fsp3) is 0.429. The summed E-state index contributed by atoms with van der Waals surface area (Å²) in [5, 5.41) is 11.8. The number of carbonyl (C=O) groups is 2. The van der Waals surface area contributed by atoms with Gasteiger partial charge in [-0.15, -0.1) is 0 Å². The fourth-order valence-corrected chi connectivity index (χ4v) is 2.26. The summed E-state index contributed by atoms with van der Waals surface area (Å²) in [5.41, 5.74) is 1.30. The van der Waals surface area contributed by atoms with Gasteiger partial charge in [-0.3, -0.25) is 4.79 Å². The van der Waals surface area contributed by atoms with Crippen molar-refractivity contribution in [2.75, 3.05) is 0 Å². The molecule has 0 radical (unpaired) electrons. The molecule has 0 bridgehead atoms. The Kier molecular flexibility index (Phi) is 5.54. The quantitative estimate of drug-likeness (QED) is 0.873. The molecule has 19 heavy (non-hydrogen) atoms. The molecule has 2 N–H and O–H groups in total. The van der Waals surface area contributed by atoms with Crippen molar-refractivity contribution in [3.8, 4) is 0 Å². The zero-order valence-corrected chi connectivity index (χ0v) is 12.8. The molecule has 0 saturated carbocycles. The van der Waals surface area contributed by atoms with Crippen LogP contribution in [0.15, 0.2) is 22.7 Å². The summed E-state index contributed by atoms with van der Waals surface area (Å²) in [6.45, 7) is 5.53. The maximum atomic E-state index is 12.1. The third-order valence-corrected chi connectivity index (χ3v) is 3.69. The molecule has 1 amide bonds. The van der Waals surface area contributed by atoms with Gasteiger partial charge in [0.05, 0.1) is 0 Å². The second-order valence-corrected chi connectivity index (χ2v) is 5.55. The summed E-state index contributed by atoms with van der Waals surface area (Å²) in [6.07, 6.45) is 0.691. The molecule has 1 aromatic carbocycles. The highest BCUT2D eigenvalue weighted by molar-refractivity contribution is 9.10. The Balaban J connectivity index is 2.91. The van der Waals surface area contributed by atoms with Gasteiger partial charge in [-0.2, -0.15) is 0 Å². The van der Waals surface area contributed by atoms with E-state index in [9.17, 15) is 9.59 Å². The number of carbonyl (C=O) groups excluding carboxylic acids is 1. The van der Waals surface area contributed by atoms with Crippen molar-refractivity contribution >= 4 is 27.8 Å². The Morgan fingerprint density at radius 1 is 1.42 bits per heavy atom. The third kappa shape index (κ3) is 4.06. The smallest absolute Gasteiger partial charge is 0.326 e. The maximum Gasteiger partial charge on any atom is 0.326 e. The Morgan fingerprint density at radius 3 is 2.53 bits per heavy atom. The van der Waals surface area contributed by atoms with Crippen LogP contribution in [-0.2, 0) is 4.79 Å². The Labute approximate surface area is 121 Å². The molecule has 0 saturated heterocycles. The average molecular weight is 328 g/mol. The van der Waals surface area contributed by atoms with E-state index in [1.165, 1.54) is 0 Å².